The molecule has 3 fully saturated rings. The first-order valence-electron chi connectivity index (χ1n) is 9.84. The molecule has 1 aromatic heterocycles. The predicted octanol–water partition coefficient (Wildman–Crippen LogP) is 1.42. The summed E-state index contributed by atoms with van der Waals surface area (Å²) in [4.78, 5) is 19.1. The minimum atomic E-state index is 0.0108. The lowest BCUT2D eigenvalue weighted by molar-refractivity contribution is 0.0779. The fraction of sp³-hybridized carbons (Fsp3) is 0.684. The molecule has 0 spiro atoms. The summed E-state index contributed by atoms with van der Waals surface area (Å²) in [5.41, 5.74) is 7.71. The van der Waals surface area contributed by atoms with Crippen LogP contribution in [0.3, 0.4) is 0 Å². The van der Waals surface area contributed by atoms with E-state index < -0.39 is 0 Å². The molecular weight excluding hydrogens is 330 g/mol. The molecule has 7 heteroatoms. The lowest BCUT2D eigenvalue weighted by Crippen LogP contribution is -2.56. The number of carbonyl (C=O) groups excluding carboxylic acids is 1. The maximum absolute atomic E-state index is 13.1. The van der Waals surface area contributed by atoms with Crippen LogP contribution in [0.25, 0.3) is 0 Å². The number of rotatable bonds is 5. The van der Waals surface area contributed by atoms with Crippen molar-refractivity contribution in [2.45, 2.75) is 56.8 Å². The van der Waals surface area contributed by atoms with Gasteiger partial charge in [0.1, 0.15) is 0 Å². The molecule has 0 bridgehead atoms. The van der Waals surface area contributed by atoms with Crippen molar-refractivity contribution in [1.82, 2.24) is 26.1 Å². The molecule has 3 heterocycles. The number of urea groups is 1. The van der Waals surface area contributed by atoms with E-state index in [4.69, 9.17) is 4.74 Å². The highest BCUT2D eigenvalue weighted by Gasteiger charge is 2.38. The monoisotopic (exact) mass is 359 g/mol. The van der Waals surface area contributed by atoms with Crippen LogP contribution in [0.4, 0.5) is 4.79 Å². The molecule has 0 aromatic carbocycles. The van der Waals surface area contributed by atoms with Gasteiger partial charge >= 0.3 is 6.03 Å². The number of pyridine rings is 1. The first-order valence-corrected chi connectivity index (χ1v) is 9.84. The standard InChI is InChI=1S/C19H29N5O2/c25-19(22-17-5-1-3-15-11-21-23-18(15)17)24(13-16-4-2-10-26-16)12-14-6-8-20-9-7-14/h6-9,15-18,21,23H,1-5,10-13H2,(H,22,25). The minimum Gasteiger partial charge on any atom is -0.376 e. The Bertz CT molecular complexity index is 593. The zero-order valence-corrected chi connectivity index (χ0v) is 15.2. The van der Waals surface area contributed by atoms with Gasteiger partial charge in [-0.25, -0.2) is 4.79 Å². The Labute approximate surface area is 154 Å². The fourth-order valence-corrected chi connectivity index (χ4v) is 4.42. The average Bonchev–Trinajstić information content (AvgIpc) is 3.34. The normalized spacial score (nSPS) is 30.8. The van der Waals surface area contributed by atoms with Gasteiger partial charge in [0, 0.05) is 50.7 Å². The summed E-state index contributed by atoms with van der Waals surface area (Å²) >= 11 is 0. The van der Waals surface area contributed by atoms with Crippen molar-refractivity contribution in [3.8, 4) is 0 Å². The van der Waals surface area contributed by atoms with Crippen molar-refractivity contribution >= 4 is 6.03 Å². The van der Waals surface area contributed by atoms with Crippen LogP contribution in [0.2, 0.25) is 0 Å². The van der Waals surface area contributed by atoms with Gasteiger partial charge in [-0.2, -0.15) is 0 Å². The van der Waals surface area contributed by atoms with E-state index in [0.717, 1.165) is 38.0 Å². The largest absolute Gasteiger partial charge is 0.376 e. The smallest absolute Gasteiger partial charge is 0.318 e. The van der Waals surface area contributed by atoms with Crippen LogP contribution in [-0.2, 0) is 11.3 Å². The highest BCUT2D eigenvalue weighted by atomic mass is 16.5. The maximum atomic E-state index is 13.1. The Hall–Kier alpha value is -1.70. The van der Waals surface area contributed by atoms with Crippen LogP contribution in [0, 0.1) is 5.92 Å². The van der Waals surface area contributed by atoms with Gasteiger partial charge in [0.15, 0.2) is 0 Å². The Morgan fingerprint density at radius 2 is 2.15 bits per heavy atom. The Morgan fingerprint density at radius 3 is 2.96 bits per heavy atom. The van der Waals surface area contributed by atoms with Gasteiger partial charge in [0.25, 0.3) is 0 Å². The van der Waals surface area contributed by atoms with Crippen molar-refractivity contribution in [2.75, 3.05) is 19.7 Å². The van der Waals surface area contributed by atoms with Crippen LogP contribution in [0.1, 0.15) is 37.7 Å². The number of hydrogen-bond acceptors (Lipinski definition) is 5. The second kappa shape index (κ2) is 8.33. The van der Waals surface area contributed by atoms with E-state index in [1.54, 1.807) is 12.4 Å². The van der Waals surface area contributed by atoms with Gasteiger partial charge < -0.3 is 15.0 Å². The van der Waals surface area contributed by atoms with E-state index in [2.05, 4.69) is 21.2 Å². The quantitative estimate of drug-likeness (QED) is 0.741. The lowest BCUT2D eigenvalue weighted by Gasteiger charge is -2.35. The molecular formula is C19H29N5O2. The van der Waals surface area contributed by atoms with Crippen molar-refractivity contribution < 1.29 is 9.53 Å². The van der Waals surface area contributed by atoms with E-state index in [1.807, 2.05) is 17.0 Å². The Kier molecular flexibility index (Phi) is 5.67. The van der Waals surface area contributed by atoms with Gasteiger partial charge in [-0.3, -0.25) is 15.8 Å². The summed E-state index contributed by atoms with van der Waals surface area (Å²) in [5.74, 6) is 0.612. The first kappa shape index (κ1) is 17.7. The van der Waals surface area contributed by atoms with Crippen molar-refractivity contribution in [1.29, 1.82) is 0 Å². The number of nitrogens with one attached hydrogen (secondary N) is 3. The van der Waals surface area contributed by atoms with Crippen LogP contribution in [-0.4, -0.2) is 53.8 Å². The number of ether oxygens (including phenoxy) is 1. The molecule has 1 aliphatic carbocycles. The zero-order chi connectivity index (χ0) is 17.8. The molecule has 7 nitrogen and oxygen atoms in total. The van der Waals surface area contributed by atoms with E-state index in [-0.39, 0.29) is 18.2 Å². The van der Waals surface area contributed by atoms with Crippen molar-refractivity contribution in [3.63, 3.8) is 0 Å². The van der Waals surface area contributed by atoms with E-state index in [9.17, 15) is 4.79 Å². The van der Waals surface area contributed by atoms with Gasteiger partial charge in [-0.15, -0.1) is 0 Å². The van der Waals surface area contributed by atoms with E-state index >= 15 is 0 Å². The topological polar surface area (TPSA) is 78.5 Å². The van der Waals surface area contributed by atoms with Crippen molar-refractivity contribution in [3.05, 3.63) is 30.1 Å². The maximum Gasteiger partial charge on any atom is 0.318 e. The second-order valence-electron chi connectivity index (χ2n) is 7.67. The number of fused-ring (bicyclic) bond motifs is 1. The fourth-order valence-electron chi connectivity index (χ4n) is 4.42. The molecule has 0 radical (unpaired) electrons. The molecule has 142 valence electrons. The van der Waals surface area contributed by atoms with Crippen molar-refractivity contribution in [2.24, 2.45) is 5.92 Å². The number of hydrazine groups is 1. The van der Waals surface area contributed by atoms with E-state index in [1.165, 1.54) is 12.8 Å². The molecule has 2 amide bonds. The summed E-state index contributed by atoms with van der Waals surface area (Å²) in [7, 11) is 0. The Morgan fingerprint density at radius 1 is 1.27 bits per heavy atom. The number of carbonyl (C=O) groups is 1. The third-order valence-electron chi connectivity index (χ3n) is 5.83. The van der Waals surface area contributed by atoms with E-state index in [0.29, 0.717) is 25.0 Å². The van der Waals surface area contributed by atoms with Gasteiger partial charge in [-0.1, -0.05) is 6.42 Å². The molecule has 4 atom stereocenters. The number of nitrogens with zero attached hydrogens (tertiary/aromatic N) is 2. The summed E-state index contributed by atoms with van der Waals surface area (Å²) in [5, 5.41) is 3.30. The molecule has 3 N–H and O–H groups in total. The number of amides is 2. The SMILES string of the molecule is O=C(NC1CCCC2CNNC21)N(Cc1ccncc1)CC1CCCO1. The zero-order valence-electron chi connectivity index (χ0n) is 15.2. The van der Waals surface area contributed by atoms with Gasteiger partial charge in [0.05, 0.1) is 6.10 Å². The summed E-state index contributed by atoms with van der Waals surface area (Å²) in [6.45, 7) is 3.02. The van der Waals surface area contributed by atoms with Crippen LogP contribution < -0.4 is 16.2 Å². The third kappa shape index (κ3) is 4.16. The van der Waals surface area contributed by atoms with Crippen LogP contribution in [0.15, 0.2) is 24.5 Å². The van der Waals surface area contributed by atoms with Gasteiger partial charge in [0.2, 0.25) is 0 Å². The molecule has 2 saturated heterocycles. The minimum absolute atomic E-state index is 0.0108. The third-order valence-corrected chi connectivity index (χ3v) is 5.83. The van der Waals surface area contributed by atoms with Crippen LogP contribution in [0.5, 0.6) is 0 Å². The summed E-state index contributed by atoms with van der Waals surface area (Å²) in [6, 6.07) is 4.46. The number of aromatic nitrogens is 1. The highest BCUT2D eigenvalue weighted by Crippen LogP contribution is 2.27. The Balaban J connectivity index is 1.42. The molecule has 1 saturated carbocycles. The van der Waals surface area contributed by atoms with Gasteiger partial charge in [-0.05, 0) is 49.3 Å². The molecule has 4 rings (SSSR count). The summed E-state index contributed by atoms with van der Waals surface area (Å²) < 4.78 is 5.77. The predicted molar refractivity (Wildman–Crippen MR) is 98.2 cm³/mol. The number of hydrogen-bond donors (Lipinski definition) is 3. The second-order valence-corrected chi connectivity index (χ2v) is 7.67. The average molecular weight is 359 g/mol. The van der Waals surface area contributed by atoms with Crippen LogP contribution >= 0.6 is 0 Å². The highest BCUT2D eigenvalue weighted by molar-refractivity contribution is 5.74. The molecule has 4 unspecified atom stereocenters. The molecule has 3 aliphatic rings. The lowest BCUT2D eigenvalue weighted by atomic mass is 9.82. The first-order chi connectivity index (χ1) is 12.8. The molecule has 1 aromatic rings. The molecule has 2 aliphatic heterocycles. The molecule has 26 heavy (non-hydrogen) atoms. The summed E-state index contributed by atoms with van der Waals surface area (Å²) in [6.07, 6.45) is 9.24.